The first kappa shape index (κ1) is 18.1. The number of amides is 1. The van der Waals surface area contributed by atoms with Crippen LogP contribution in [0.5, 0.6) is 0 Å². The van der Waals surface area contributed by atoms with E-state index < -0.39 is 12.2 Å². The SMILES string of the molecule is CCCCCCCCCCCC(=O)C1OC1C(=O)N(C)C. The molecule has 2 atom stereocenters. The Morgan fingerprint density at radius 2 is 1.38 bits per heavy atom. The van der Waals surface area contributed by atoms with Gasteiger partial charge in [0.15, 0.2) is 18.0 Å². The van der Waals surface area contributed by atoms with E-state index in [-0.39, 0.29) is 11.7 Å². The van der Waals surface area contributed by atoms with Gasteiger partial charge < -0.3 is 9.64 Å². The highest BCUT2D eigenvalue weighted by Crippen LogP contribution is 2.26. The van der Waals surface area contributed by atoms with E-state index >= 15 is 0 Å². The molecule has 122 valence electrons. The quantitative estimate of drug-likeness (QED) is 0.410. The lowest BCUT2D eigenvalue weighted by atomic mass is 10.0. The summed E-state index contributed by atoms with van der Waals surface area (Å²) < 4.78 is 5.19. The first-order chi connectivity index (χ1) is 10.1. The highest BCUT2D eigenvalue weighted by molar-refractivity contribution is 5.95. The number of hydrogen-bond donors (Lipinski definition) is 0. The molecule has 2 unspecified atom stereocenters. The summed E-state index contributed by atoms with van der Waals surface area (Å²) >= 11 is 0. The predicted octanol–water partition coefficient (Wildman–Crippen LogP) is 3.33. The van der Waals surface area contributed by atoms with Crippen LogP contribution in [0.15, 0.2) is 0 Å². The topological polar surface area (TPSA) is 49.9 Å². The van der Waals surface area contributed by atoms with Crippen molar-refractivity contribution in [2.45, 2.75) is 83.3 Å². The van der Waals surface area contributed by atoms with Gasteiger partial charge in [-0.1, -0.05) is 58.3 Å². The van der Waals surface area contributed by atoms with Crippen LogP contribution in [0.25, 0.3) is 0 Å². The van der Waals surface area contributed by atoms with Crippen LogP contribution in [0.3, 0.4) is 0 Å². The van der Waals surface area contributed by atoms with Gasteiger partial charge in [0.05, 0.1) is 0 Å². The summed E-state index contributed by atoms with van der Waals surface area (Å²) in [4.78, 5) is 24.9. The third-order valence-corrected chi connectivity index (χ3v) is 4.02. The van der Waals surface area contributed by atoms with Gasteiger partial charge in [0.1, 0.15) is 0 Å². The molecule has 4 heteroatoms. The number of ether oxygens (including phenoxy) is 1. The Bertz CT molecular complexity index is 328. The Labute approximate surface area is 129 Å². The maximum atomic E-state index is 11.9. The number of carbonyl (C=O) groups excluding carboxylic acids is 2. The number of Topliss-reactive ketones (excluding diaryl/α,β-unsaturated/α-hetero) is 1. The summed E-state index contributed by atoms with van der Waals surface area (Å²) in [5, 5.41) is 0. The molecule has 0 bridgehead atoms. The van der Waals surface area contributed by atoms with E-state index in [0.29, 0.717) is 6.42 Å². The number of ketones is 1. The van der Waals surface area contributed by atoms with Gasteiger partial charge in [0.2, 0.25) is 0 Å². The Balaban J connectivity index is 1.94. The minimum absolute atomic E-state index is 0.0955. The molecule has 0 spiro atoms. The molecular formula is C17H31NO3. The molecule has 0 aromatic carbocycles. The second-order valence-corrected chi connectivity index (χ2v) is 6.25. The van der Waals surface area contributed by atoms with Gasteiger partial charge in [-0.15, -0.1) is 0 Å². The molecule has 0 aliphatic carbocycles. The van der Waals surface area contributed by atoms with Gasteiger partial charge in [-0.2, -0.15) is 0 Å². The lowest BCUT2D eigenvalue weighted by molar-refractivity contribution is -0.130. The molecule has 1 heterocycles. The zero-order valence-electron chi connectivity index (χ0n) is 13.9. The maximum absolute atomic E-state index is 11.9. The second kappa shape index (κ2) is 9.93. The van der Waals surface area contributed by atoms with Crippen molar-refractivity contribution >= 4 is 11.7 Å². The maximum Gasteiger partial charge on any atom is 0.254 e. The fourth-order valence-electron chi connectivity index (χ4n) is 2.55. The van der Waals surface area contributed by atoms with E-state index in [1.54, 1.807) is 14.1 Å². The number of likely N-dealkylation sites (N-methyl/N-ethyl adjacent to an activating group) is 1. The van der Waals surface area contributed by atoms with Crippen LogP contribution in [-0.4, -0.2) is 42.9 Å². The van der Waals surface area contributed by atoms with E-state index in [4.69, 9.17) is 4.74 Å². The zero-order valence-corrected chi connectivity index (χ0v) is 13.9. The van der Waals surface area contributed by atoms with Gasteiger partial charge in [-0.05, 0) is 6.42 Å². The van der Waals surface area contributed by atoms with Crippen molar-refractivity contribution in [3.05, 3.63) is 0 Å². The zero-order chi connectivity index (χ0) is 15.7. The second-order valence-electron chi connectivity index (χ2n) is 6.25. The van der Waals surface area contributed by atoms with E-state index in [9.17, 15) is 9.59 Å². The minimum atomic E-state index is -0.508. The number of epoxide rings is 1. The van der Waals surface area contributed by atoms with Crippen molar-refractivity contribution in [1.82, 2.24) is 4.90 Å². The van der Waals surface area contributed by atoms with Gasteiger partial charge in [-0.25, -0.2) is 0 Å². The number of carbonyl (C=O) groups is 2. The number of nitrogens with zero attached hydrogens (tertiary/aromatic N) is 1. The predicted molar refractivity (Wildman–Crippen MR) is 84.2 cm³/mol. The van der Waals surface area contributed by atoms with E-state index in [1.165, 1.54) is 49.8 Å². The highest BCUT2D eigenvalue weighted by atomic mass is 16.6. The van der Waals surface area contributed by atoms with E-state index in [2.05, 4.69) is 6.92 Å². The van der Waals surface area contributed by atoms with Gasteiger partial charge >= 0.3 is 0 Å². The van der Waals surface area contributed by atoms with Crippen LogP contribution < -0.4 is 0 Å². The summed E-state index contributed by atoms with van der Waals surface area (Å²) in [7, 11) is 3.37. The Hall–Kier alpha value is -0.900. The largest absolute Gasteiger partial charge is 0.351 e. The van der Waals surface area contributed by atoms with E-state index in [0.717, 1.165) is 12.8 Å². The van der Waals surface area contributed by atoms with Crippen molar-refractivity contribution in [2.75, 3.05) is 14.1 Å². The molecule has 0 N–H and O–H groups in total. The summed E-state index contributed by atoms with van der Waals surface area (Å²) in [6.07, 6.45) is 10.8. The molecule has 4 nitrogen and oxygen atoms in total. The monoisotopic (exact) mass is 297 g/mol. The molecule has 1 aliphatic heterocycles. The highest BCUT2D eigenvalue weighted by Gasteiger charge is 2.49. The Morgan fingerprint density at radius 3 is 1.90 bits per heavy atom. The van der Waals surface area contributed by atoms with E-state index in [1.807, 2.05) is 0 Å². The van der Waals surface area contributed by atoms with Crippen LogP contribution in [0.2, 0.25) is 0 Å². The summed E-state index contributed by atoms with van der Waals surface area (Å²) in [6.45, 7) is 2.23. The standard InChI is InChI=1S/C17H31NO3/c1-4-5-6-7-8-9-10-11-12-13-14(19)15-16(21-15)17(20)18(2)3/h15-16H,4-13H2,1-3H3. The average Bonchev–Trinajstić information content (AvgIpc) is 3.24. The fraction of sp³-hybridized carbons (Fsp3) is 0.882. The normalized spacial score (nSPS) is 20.3. The molecule has 0 radical (unpaired) electrons. The third-order valence-electron chi connectivity index (χ3n) is 4.02. The smallest absolute Gasteiger partial charge is 0.254 e. The van der Waals surface area contributed by atoms with Gasteiger partial charge in [0.25, 0.3) is 5.91 Å². The fourth-order valence-corrected chi connectivity index (χ4v) is 2.55. The van der Waals surface area contributed by atoms with Crippen molar-refractivity contribution in [3.8, 4) is 0 Å². The molecule has 1 amide bonds. The number of rotatable bonds is 12. The summed E-state index contributed by atoms with van der Waals surface area (Å²) in [5.74, 6) is -0.00132. The van der Waals surface area contributed by atoms with Crippen LogP contribution in [-0.2, 0) is 14.3 Å². The minimum Gasteiger partial charge on any atom is -0.351 e. The molecular weight excluding hydrogens is 266 g/mol. The summed E-state index contributed by atoms with van der Waals surface area (Å²) in [6, 6.07) is 0. The number of hydrogen-bond acceptors (Lipinski definition) is 3. The van der Waals surface area contributed by atoms with Gasteiger partial charge in [-0.3, -0.25) is 9.59 Å². The lowest BCUT2D eigenvalue weighted by Crippen LogP contribution is -2.29. The average molecular weight is 297 g/mol. The molecule has 1 saturated heterocycles. The van der Waals surface area contributed by atoms with Crippen molar-refractivity contribution in [2.24, 2.45) is 0 Å². The first-order valence-corrected chi connectivity index (χ1v) is 8.47. The molecule has 1 rings (SSSR count). The lowest BCUT2D eigenvalue weighted by Gasteiger charge is -2.06. The van der Waals surface area contributed by atoms with Crippen molar-refractivity contribution in [3.63, 3.8) is 0 Å². The number of unbranched alkanes of at least 4 members (excludes halogenated alkanes) is 8. The van der Waals surface area contributed by atoms with Crippen LogP contribution in [0.1, 0.15) is 71.1 Å². The van der Waals surface area contributed by atoms with Gasteiger partial charge in [0, 0.05) is 20.5 Å². The summed E-state index contributed by atoms with van der Waals surface area (Å²) in [5.41, 5.74) is 0. The van der Waals surface area contributed by atoms with Crippen LogP contribution in [0.4, 0.5) is 0 Å². The Kier molecular flexibility index (Phi) is 8.58. The van der Waals surface area contributed by atoms with Crippen molar-refractivity contribution < 1.29 is 14.3 Å². The van der Waals surface area contributed by atoms with Crippen molar-refractivity contribution in [1.29, 1.82) is 0 Å². The third kappa shape index (κ3) is 7.07. The molecule has 0 saturated carbocycles. The molecule has 0 aromatic heterocycles. The van der Waals surface area contributed by atoms with Crippen LogP contribution >= 0.6 is 0 Å². The molecule has 1 aliphatic rings. The molecule has 0 aromatic rings. The molecule has 21 heavy (non-hydrogen) atoms. The van der Waals surface area contributed by atoms with Crippen LogP contribution in [0, 0.1) is 0 Å². The first-order valence-electron chi connectivity index (χ1n) is 8.47. The Morgan fingerprint density at radius 1 is 0.857 bits per heavy atom. The molecule has 1 fully saturated rings.